The highest BCUT2D eigenvalue weighted by Gasteiger charge is 2.10. The van der Waals surface area contributed by atoms with Gasteiger partial charge in [-0.15, -0.1) is 0 Å². The Morgan fingerprint density at radius 1 is 1.12 bits per heavy atom. The molecule has 25 heavy (non-hydrogen) atoms. The Hall–Kier alpha value is -1.81. The summed E-state index contributed by atoms with van der Waals surface area (Å²) in [6, 6.07) is 16.4. The average molecular weight is 404 g/mol. The van der Waals surface area contributed by atoms with Crippen molar-refractivity contribution in [3.05, 3.63) is 64.1 Å². The maximum atomic E-state index is 12.1. The summed E-state index contributed by atoms with van der Waals surface area (Å²) in [5.41, 5.74) is 2.52. The van der Waals surface area contributed by atoms with Crippen LogP contribution in [0.15, 0.2) is 53.0 Å². The van der Waals surface area contributed by atoms with Crippen LogP contribution in [0.4, 0.5) is 0 Å². The molecule has 1 atom stereocenters. The van der Waals surface area contributed by atoms with E-state index in [-0.39, 0.29) is 18.6 Å². The molecule has 0 saturated heterocycles. The van der Waals surface area contributed by atoms with E-state index in [4.69, 9.17) is 4.74 Å². The van der Waals surface area contributed by atoms with Gasteiger partial charge in [-0.1, -0.05) is 50.2 Å². The number of rotatable bonds is 8. The smallest absolute Gasteiger partial charge is 0.258 e. The first-order valence-corrected chi connectivity index (χ1v) is 9.50. The molecule has 0 saturated carbocycles. The molecule has 0 bridgehead atoms. The van der Waals surface area contributed by atoms with E-state index in [1.54, 1.807) is 0 Å². The SMILES string of the molecule is CC(C)c1ccc(OCC(=O)N[C@H](C)CCc2ccccc2)c(Br)c1. The second kappa shape index (κ2) is 9.62. The Morgan fingerprint density at radius 3 is 2.48 bits per heavy atom. The number of carbonyl (C=O) groups excluding carboxylic acids is 1. The van der Waals surface area contributed by atoms with Gasteiger partial charge in [-0.25, -0.2) is 0 Å². The molecular formula is C21H26BrNO2. The van der Waals surface area contributed by atoms with Crippen LogP contribution in [0.25, 0.3) is 0 Å². The van der Waals surface area contributed by atoms with Crippen molar-refractivity contribution in [2.24, 2.45) is 0 Å². The standard InChI is InChI=1S/C21H26BrNO2/c1-15(2)18-11-12-20(19(22)13-18)25-14-21(24)23-16(3)9-10-17-7-5-4-6-8-17/h4-8,11-13,15-16H,9-10,14H2,1-3H3,(H,23,24)/t16-/m1/s1. The molecule has 0 aliphatic rings. The molecule has 1 N–H and O–H groups in total. The zero-order valence-corrected chi connectivity index (χ0v) is 16.7. The van der Waals surface area contributed by atoms with Gasteiger partial charge >= 0.3 is 0 Å². The zero-order chi connectivity index (χ0) is 18.2. The van der Waals surface area contributed by atoms with Gasteiger partial charge in [-0.2, -0.15) is 0 Å². The number of nitrogens with one attached hydrogen (secondary N) is 1. The van der Waals surface area contributed by atoms with Gasteiger partial charge < -0.3 is 10.1 Å². The first-order chi connectivity index (χ1) is 12.0. The van der Waals surface area contributed by atoms with Crippen LogP contribution in [0.5, 0.6) is 5.75 Å². The fraction of sp³-hybridized carbons (Fsp3) is 0.381. The van der Waals surface area contributed by atoms with Crippen molar-refractivity contribution in [1.82, 2.24) is 5.32 Å². The molecule has 0 aliphatic carbocycles. The average Bonchev–Trinajstić information content (AvgIpc) is 2.59. The largest absolute Gasteiger partial charge is 0.483 e. The van der Waals surface area contributed by atoms with E-state index in [9.17, 15) is 4.79 Å². The Bertz CT molecular complexity index is 686. The van der Waals surface area contributed by atoms with Crippen LogP contribution in [-0.2, 0) is 11.2 Å². The van der Waals surface area contributed by atoms with Crippen molar-refractivity contribution in [2.75, 3.05) is 6.61 Å². The van der Waals surface area contributed by atoms with E-state index in [0.29, 0.717) is 11.7 Å². The number of ether oxygens (including phenoxy) is 1. The third-order valence-corrected chi connectivity index (χ3v) is 4.72. The van der Waals surface area contributed by atoms with Gasteiger partial charge in [0.2, 0.25) is 0 Å². The molecule has 134 valence electrons. The zero-order valence-electron chi connectivity index (χ0n) is 15.1. The molecular weight excluding hydrogens is 378 g/mol. The molecule has 0 spiro atoms. The summed E-state index contributed by atoms with van der Waals surface area (Å²) in [4.78, 5) is 12.1. The first kappa shape index (κ1) is 19.5. The monoisotopic (exact) mass is 403 g/mol. The third kappa shape index (κ3) is 6.54. The molecule has 0 radical (unpaired) electrons. The quantitative estimate of drug-likeness (QED) is 0.666. The van der Waals surface area contributed by atoms with E-state index in [1.807, 2.05) is 43.3 Å². The van der Waals surface area contributed by atoms with Crippen LogP contribution in [0.3, 0.4) is 0 Å². The molecule has 3 nitrogen and oxygen atoms in total. The minimum absolute atomic E-state index is 0.0231. The third-order valence-electron chi connectivity index (χ3n) is 4.10. The normalized spacial score (nSPS) is 12.0. The predicted molar refractivity (Wildman–Crippen MR) is 106 cm³/mol. The van der Waals surface area contributed by atoms with Crippen LogP contribution in [-0.4, -0.2) is 18.6 Å². The highest BCUT2D eigenvalue weighted by Crippen LogP contribution is 2.28. The summed E-state index contributed by atoms with van der Waals surface area (Å²) in [6.45, 7) is 6.34. The number of benzene rings is 2. The molecule has 0 unspecified atom stereocenters. The van der Waals surface area contributed by atoms with Crippen LogP contribution >= 0.6 is 15.9 Å². The second-order valence-electron chi connectivity index (χ2n) is 6.63. The molecule has 2 aromatic rings. The Morgan fingerprint density at radius 2 is 1.84 bits per heavy atom. The molecule has 4 heteroatoms. The van der Waals surface area contributed by atoms with E-state index < -0.39 is 0 Å². The molecule has 1 amide bonds. The Labute approximate surface area is 158 Å². The number of amides is 1. The van der Waals surface area contributed by atoms with Gasteiger partial charge in [0, 0.05) is 6.04 Å². The van der Waals surface area contributed by atoms with E-state index >= 15 is 0 Å². The van der Waals surface area contributed by atoms with Gasteiger partial charge in [-0.05, 0) is 64.9 Å². The Balaban J connectivity index is 1.76. The number of hydrogen-bond donors (Lipinski definition) is 1. The highest BCUT2D eigenvalue weighted by molar-refractivity contribution is 9.10. The topological polar surface area (TPSA) is 38.3 Å². The van der Waals surface area contributed by atoms with Gasteiger partial charge in [-0.3, -0.25) is 4.79 Å². The van der Waals surface area contributed by atoms with E-state index in [0.717, 1.165) is 17.3 Å². The van der Waals surface area contributed by atoms with Crippen molar-refractivity contribution in [3.8, 4) is 5.75 Å². The lowest BCUT2D eigenvalue weighted by Gasteiger charge is -2.15. The minimum atomic E-state index is -0.0969. The number of hydrogen-bond acceptors (Lipinski definition) is 2. The molecule has 2 rings (SSSR count). The number of aryl methyl sites for hydroxylation is 1. The van der Waals surface area contributed by atoms with Gasteiger partial charge in [0.15, 0.2) is 6.61 Å². The van der Waals surface area contributed by atoms with Crippen molar-refractivity contribution >= 4 is 21.8 Å². The fourth-order valence-corrected chi connectivity index (χ4v) is 3.06. The lowest BCUT2D eigenvalue weighted by molar-refractivity contribution is -0.123. The summed E-state index contributed by atoms with van der Waals surface area (Å²) in [6.07, 6.45) is 1.86. The summed E-state index contributed by atoms with van der Waals surface area (Å²) < 4.78 is 6.52. The van der Waals surface area contributed by atoms with Crippen molar-refractivity contribution < 1.29 is 9.53 Å². The maximum Gasteiger partial charge on any atom is 0.258 e. The fourth-order valence-electron chi connectivity index (χ4n) is 2.55. The second-order valence-corrected chi connectivity index (χ2v) is 7.48. The number of halogens is 1. The van der Waals surface area contributed by atoms with E-state index in [2.05, 4.69) is 47.2 Å². The lowest BCUT2D eigenvalue weighted by atomic mass is 10.0. The minimum Gasteiger partial charge on any atom is -0.483 e. The lowest BCUT2D eigenvalue weighted by Crippen LogP contribution is -2.36. The van der Waals surface area contributed by atoms with Crippen LogP contribution in [0.1, 0.15) is 44.2 Å². The number of carbonyl (C=O) groups is 1. The summed E-state index contributed by atoms with van der Waals surface area (Å²) in [5.74, 6) is 1.05. The first-order valence-electron chi connectivity index (χ1n) is 8.71. The van der Waals surface area contributed by atoms with Crippen LogP contribution in [0.2, 0.25) is 0 Å². The van der Waals surface area contributed by atoms with Crippen molar-refractivity contribution in [2.45, 2.75) is 45.6 Å². The summed E-state index contributed by atoms with van der Waals surface area (Å²) in [7, 11) is 0. The summed E-state index contributed by atoms with van der Waals surface area (Å²) in [5, 5.41) is 2.99. The molecule has 0 aliphatic heterocycles. The summed E-state index contributed by atoms with van der Waals surface area (Å²) >= 11 is 3.51. The van der Waals surface area contributed by atoms with Gasteiger partial charge in [0.25, 0.3) is 5.91 Å². The highest BCUT2D eigenvalue weighted by atomic mass is 79.9. The molecule has 2 aromatic carbocycles. The van der Waals surface area contributed by atoms with Crippen molar-refractivity contribution in [3.63, 3.8) is 0 Å². The van der Waals surface area contributed by atoms with Gasteiger partial charge in [0.1, 0.15) is 5.75 Å². The molecule has 0 aromatic heterocycles. The van der Waals surface area contributed by atoms with Crippen LogP contribution in [0, 0.1) is 0 Å². The Kier molecular flexibility index (Phi) is 7.51. The van der Waals surface area contributed by atoms with Crippen molar-refractivity contribution in [1.29, 1.82) is 0 Å². The van der Waals surface area contributed by atoms with E-state index in [1.165, 1.54) is 11.1 Å². The predicted octanol–water partition coefficient (Wildman–Crippen LogP) is 5.09. The molecule has 0 heterocycles. The van der Waals surface area contributed by atoms with Crippen LogP contribution < -0.4 is 10.1 Å². The maximum absolute atomic E-state index is 12.1. The van der Waals surface area contributed by atoms with Gasteiger partial charge in [0.05, 0.1) is 4.47 Å². The molecule has 0 fully saturated rings.